The first-order chi connectivity index (χ1) is 18.0. The highest BCUT2D eigenvalue weighted by atomic mass is 79.9. The molecule has 0 unspecified atom stereocenters. The van der Waals surface area contributed by atoms with Gasteiger partial charge in [-0.3, -0.25) is 13.9 Å². The van der Waals surface area contributed by atoms with Crippen molar-refractivity contribution in [2.24, 2.45) is 0 Å². The number of anilines is 1. The van der Waals surface area contributed by atoms with Gasteiger partial charge in [0.25, 0.3) is 10.0 Å². The summed E-state index contributed by atoms with van der Waals surface area (Å²) in [4.78, 5) is 28.2. The monoisotopic (exact) mass is 663 g/mol. The van der Waals surface area contributed by atoms with Crippen molar-refractivity contribution >= 4 is 59.4 Å². The molecule has 0 radical (unpaired) electrons. The van der Waals surface area contributed by atoms with E-state index in [4.69, 9.17) is 0 Å². The molecular formula is C28H31Br2N3O4S. The second-order valence-corrected chi connectivity index (χ2v) is 12.6. The third-order valence-electron chi connectivity index (χ3n) is 5.99. The molecule has 3 aromatic carbocycles. The van der Waals surface area contributed by atoms with Gasteiger partial charge in [0.15, 0.2) is 0 Å². The van der Waals surface area contributed by atoms with Crippen LogP contribution in [0.4, 0.5) is 5.69 Å². The average molecular weight is 665 g/mol. The van der Waals surface area contributed by atoms with Crippen LogP contribution in [0.15, 0.2) is 86.6 Å². The van der Waals surface area contributed by atoms with E-state index in [1.165, 1.54) is 17.0 Å². The van der Waals surface area contributed by atoms with Crippen LogP contribution >= 0.6 is 31.9 Å². The number of halogens is 2. The van der Waals surface area contributed by atoms with Crippen molar-refractivity contribution in [1.82, 2.24) is 10.2 Å². The Morgan fingerprint density at radius 2 is 1.45 bits per heavy atom. The van der Waals surface area contributed by atoms with Crippen molar-refractivity contribution in [2.45, 2.75) is 44.7 Å². The fourth-order valence-electron chi connectivity index (χ4n) is 3.74. The predicted molar refractivity (Wildman–Crippen MR) is 157 cm³/mol. The van der Waals surface area contributed by atoms with Gasteiger partial charge in [0.05, 0.1) is 10.6 Å². The summed E-state index contributed by atoms with van der Waals surface area (Å²) in [7, 11) is -4.09. The minimum atomic E-state index is -4.09. The maximum Gasteiger partial charge on any atom is 0.264 e. The highest BCUT2D eigenvalue weighted by Crippen LogP contribution is 2.26. The topological polar surface area (TPSA) is 86.8 Å². The molecule has 0 aliphatic carbocycles. The molecule has 3 aromatic rings. The van der Waals surface area contributed by atoms with E-state index in [0.717, 1.165) is 30.8 Å². The van der Waals surface area contributed by atoms with Gasteiger partial charge < -0.3 is 10.2 Å². The second-order valence-electron chi connectivity index (χ2n) is 8.92. The molecule has 0 bridgehead atoms. The number of aryl methyl sites for hydroxylation is 1. The van der Waals surface area contributed by atoms with E-state index >= 15 is 0 Å². The minimum absolute atomic E-state index is 0.0759. The molecule has 2 amide bonds. The molecule has 1 atom stereocenters. The third kappa shape index (κ3) is 7.68. The van der Waals surface area contributed by atoms with Gasteiger partial charge in [-0.1, -0.05) is 68.6 Å². The first-order valence-corrected chi connectivity index (χ1v) is 15.2. The summed E-state index contributed by atoms with van der Waals surface area (Å²) in [6, 6.07) is 19.8. The fraction of sp³-hybridized carbons (Fsp3) is 0.286. The Bertz CT molecular complexity index is 1350. The molecule has 1 N–H and O–H groups in total. The number of rotatable bonds is 11. The van der Waals surface area contributed by atoms with Crippen molar-refractivity contribution in [3.8, 4) is 0 Å². The van der Waals surface area contributed by atoms with Crippen molar-refractivity contribution < 1.29 is 18.0 Å². The quantitative estimate of drug-likeness (QED) is 0.287. The summed E-state index contributed by atoms with van der Waals surface area (Å²) in [6.07, 6.45) is 0.755. The summed E-state index contributed by atoms with van der Waals surface area (Å²) >= 11 is 6.79. The Labute approximate surface area is 241 Å². The number of amides is 2. The van der Waals surface area contributed by atoms with Crippen molar-refractivity contribution in [3.63, 3.8) is 0 Å². The van der Waals surface area contributed by atoms with Crippen LogP contribution in [0.1, 0.15) is 31.4 Å². The molecule has 202 valence electrons. The van der Waals surface area contributed by atoms with Gasteiger partial charge in [0, 0.05) is 22.0 Å². The molecule has 0 aliphatic rings. The molecule has 0 fully saturated rings. The maximum atomic E-state index is 13.8. The van der Waals surface area contributed by atoms with E-state index in [2.05, 4.69) is 37.2 Å². The lowest BCUT2D eigenvalue weighted by Gasteiger charge is -2.32. The van der Waals surface area contributed by atoms with E-state index in [-0.39, 0.29) is 17.3 Å². The number of hydrogen-bond donors (Lipinski definition) is 1. The van der Waals surface area contributed by atoms with Gasteiger partial charge in [-0.25, -0.2) is 8.42 Å². The zero-order valence-corrected chi connectivity index (χ0v) is 25.5. The van der Waals surface area contributed by atoms with Gasteiger partial charge in [0.2, 0.25) is 11.8 Å². The number of hydrogen-bond acceptors (Lipinski definition) is 4. The Kier molecular flexibility index (Phi) is 10.5. The summed E-state index contributed by atoms with van der Waals surface area (Å²) in [6.45, 7) is 5.63. The highest BCUT2D eigenvalue weighted by Gasteiger charge is 2.32. The first kappa shape index (κ1) is 29.9. The number of sulfonamides is 1. The number of nitrogens with one attached hydrogen (secondary N) is 1. The van der Waals surface area contributed by atoms with Crippen LogP contribution in [0.2, 0.25) is 0 Å². The SMILES string of the molecule is CCCNC(=O)[C@H](C)N(Cc1ccc(Br)cc1)C(=O)CN(c1ccc(Br)cc1)S(=O)(=O)c1ccc(C)cc1. The highest BCUT2D eigenvalue weighted by molar-refractivity contribution is 9.10. The number of benzene rings is 3. The van der Waals surface area contributed by atoms with Crippen LogP contribution in [0.3, 0.4) is 0 Å². The predicted octanol–water partition coefficient (Wildman–Crippen LogP) is 5.66. The Morgan fingerprint density at radius 1 is 0.895 bits per heavy atom. The molecule has 0 saturated heterocycles. The van der Waals surface area contributed by atoms with Crippen LogP contribution in [0.25, 0.3) is 0 Å². The Morgan fingerprint density at radius 3 is 2.00 bits per heavy atom. The van der Waals surface area contributed by atoms with E-state index in [9.17, 15) is 18.0 Å². The lowest BCUT2D eigenvalue weighted by Crippen LogP contribution is -2.51. The summed E-state index contributed by atoms with van der Waals surface area (Å²) < 4.78 is 30.3. The smallest absolute Gasteiger partial charge is 0.264 e. The minimum Gasteiger partial charge on any atom is -0.354 e. The van der Waals surface area contributed by atoms with Gasteiger partial charge >= 0.3 is 0 Å². The van der Waals surface area contributed by atoms with Crippen molar-refractivity contribution in [3.05, 3.63) is 92.9 Å². The third-order valence-corrected chi connectivity index (χ3v) is 8.83. The second kappa shape index (κ2) is 13.4. The molecular weight excluding hydrogens is 634 g/mol. The molecule has 0 aromatic heterocycles. The Balaban J connectivity index is 2.00. The number of nitrogens with zero attached hydrogens (tertiary/aromatic N) is 2. The van der Waals surface area contributed by atoms with E-state index in [0.29, 0.717) is 12.2 Å². The molecule has 7 nitrogen and oxygen atoms in total. The normalized spacial score (nSPS) is 12.0. The standard InChI is InChI=1S/C28H31Br2N3O4S/c1-4-17-31-28(35)21(3)32(18-22-7-9-23(29)10-8-22)27(34)19-33(25-13-11-24(30)12-14-25)38(36,37)26-15-5-20(2)6-16-26/h5-16,21H,4,17-19H2,1-3H3,(H,31,35)/t21-/m0/s1. The largest absolute Gasteiger partial charge is 0.354 e. The summed E-state index contributed by atoms with van der Waals surface area (Å²) in [5, 5.41) is 2.84. The lowest BCUT2D eigenvalue weighted by atomic mass is 10.1. The zero-order chi connectivity index (χ0) is 27.9. The fourth-order valence-corrected chi connectivity index (χ4v) is 5.68. The number of carbonyl (C=O) groups is 2. The summed E-state index contributed by atoms with van der Waals surface area (Å²) in [5.74, 6) is -0.792. The molecule has 0 aliphatic heterocycles. The summed E-state index contributed by atoms with van der Waals surface area (Å²) in [5.41, 5.74) is 2.07. The molecule has 10 heteroatoms. The van der Waals surface area contributed by atoms with Crippen LogP contribution in [0, 0.1) is 6.92 Å². The van der Waals surface area contributed by atoms with Gasteiger partial charge in [-0.15, -0.1) is 0 Å². The van der Waals surface area contributed by atoms with Gasteiger partial charge in [0.1, 0.15) is 12.6 Å². The molecule has 38 heavy (non-hydrogen) atoms. The van der Waals surface area contributed by atoms with Crippen LogP contribution < -0.4 is 9.62 Å². The van der Waals surface area contributed by atoms with E-state index in [1.807, 2.05) is 38.1 Å². The zero-order valence-electron chi connectivity index (χ0n) is 21.5. The van der Waals surface area contributed by atoms with E-state index < -0.39 is 28.5 Å². The molecule has 0 saturated carbocycles. The number of carbonyl (C=O) groups excluding carboxylic acids is 2. The van der Waals surface area contributed by atoms with E-state index in [1.54, 1.807) is 43.3 Å². The maximum absolute atomic E-state index is 13.8. The molecule has 0 heterocycles. The first-order valence-electron chi connectivity index (χ1n) is 12.2. The van der Waals surface area contributed by atoms with Crippen LogP contribution in [-0.4, -0.2) is 44.3 Å². The van der Waals surface area contributed by atoms with Crippen LogP contribution in [-0.2, 0) is 26.2 Å². The Hall–Kier alpha value is -2.69. The van der Waals surface area contributed by atoms with Gasteiger partial charge in [-0.2, -0.15) is 0 Å². The van der Waals surface area contributed by atoms with Crippen LogP contribution in [0.5, 0.6) is 0 Å². The van der Waals surface area contributed by atoms with Gasteiger partial charge in [-0.05, 0) is 74.4 Å². The van der Waals surface area contributed by atoms with Crippen molar-refractivity contribution in [1.29, 1.82) is 0 Å². The molecule has 0 spiro atoms. The average Bonchev–Trinajstić information content (AvgIpc) is 2.90. The molecule has 3 rings (SSSR count). The van der Waals surface area contributed by atoms with Crippen molar-refractivity contribution in [2.75, 3.05) is 17.4 Å². The lowest BCUT2D eigenvalue weighted by molar-refractivity contribution is -0.139.